The number of nitrogens with one attached hydrogen (secondary N) is 2. The second kappa shape index (κ2) is 9.28. The molecule has 1 aliphatic rings. The Bertz CT molecular complexity index is 826. The van der Waals surface area contributed by atoms with E-state index < -0.39 is 6.03 Å². The lowest BCUT2D eigenvalue weighted by Crippen LogP contribution is -2.45. The number of likely N-dealkylation sites (tertiary alicyclic amines) is 1. The van der Waals surface area contributed by atoms with Crippen LogP contribution < -0.4 is 10.6 Å². The van der Waals surface area contributed by atoms with Gasteiger partial charge in [-0.15, -0.1) is 0 Å². The summed E-state index contributed by atoms with van der Waals surface area (Å²) in [7, 11) is 0. The zero-order valence-electron chi connectivity index (χ0n) is 16.0. The summed E-state index contributed by atoms with van der Waals surface area (Å²) in [6.45, 7) is 3.47. The second-order valence-electron chi connectivity index (χ2n) is 7.15. The first-order valence-corrected chi connectivity index (χ1v) is 9.50. The van der Waals surface area contributed by atoms with Gasteiger partial charge in [-0.25, -0.2) is 4.79 Å². The molecule has 0 bridgehead atoms. The van der Waals surface area contributed by atoms with E-state index in [-0.39, 0.29) is 24.2 Å². The van der Waals surface area contributed by atoms with Crippen LogP contribution in [0.5, 0.6) is 0 Å². The van der Waals surface area contributed by atoms with Crippen molar-refractivity contribution in [2.45, 2.75) is 19.8 Å². The third-order valence-corrected chi connectivity index (χ3v) is 4.95. The molecule has 1 saturated heterocycles. The summed E-state index contributed by atoms with van der Waals surface area (Å²) in [6, 6.07) is 16.1. The normalized spacial score (nSPS) is 15.0. The van der Waals surface area contributed by atoms with Crippen molar-refractivity contribution in [3.8, 4) is 0 Å². The molecule has 1 heterocycles. The summed E-state index contributed by atoms with van der Waals surface area (Å²) in [5.41, 5.74) is 2.51. The summed E-state index contributed by atoms with van der Waals surface area (Å²) >= 11 is 0. The zero-order valence-corrected chi connectivity index (χ0v) is 16.0. The number of piperidine rings is 1. The first-order valence-electron chi connectivity index (χ1n) is 9.50. The van der Waals surface area contributed by atoms with Crippen molar-refractivity contribution in [3.63, 3.8) is 0 Å². The van der Waals surface area contributed by atoms with Crippen LogP contribution in [-0.2, 0) is 4.79 Å². The Hall–Kier alpha value is -2.99. The van der Waals surface area contributed by atoms with Crippen molar-refractivity contribution in [1.82, 2.24) is 10.2 Å². The lowest BCUT2D eigenvalue weighted by atomic mass is 9.88. The van der Waals surface area contributed by atoms with E-state index in [1.807, 2.05) is 42.2 Å². The Morgan fingerprint density at radius 2 is 1.61 bits per heavy atom. The molecule has 0 atom stereocenters. The smallest absolute Gasteiger partial charge is 0.308 e. The minimum absolute atomic E-state index is 0.0107. The molecule has 3 rings (SSSR count). The Morgan fingerprint density at radius 3 is 2.25 bits per heavy atom. The van der Waals surface area contributed by atoms with Crippen LogP contribution >= 0.6 is 0 Å². The van der Waals surface area contributed by atoms with Crippen molar-refractivity contribution < 1.29 is 14.4 Å². The van der Waals surface area contributed by atoms with Gasteiger partial charge < -0.3 is 5.32 Å². The van der Waals surface area contributed by atoms with Gasteiger partial charge in [0, 0.05) is 17.2 Å². The number of Topliss-reactive ketones (excluding diaryl/α,β-unsaturated/α-hetero) is 1. The number of benzene rings is 2. The highest BCUT2D eigenvalue weighted by Gasteiger charge is 2.26. The van der Waals surface area contributed by atoms with Gasteiger partial charge in [-0.1, -0.05) is 48.0 Å². The molecule has 2 aromatic carbocycles. The molecule has 0 radical (unpaired) electrons. The number of imide groups is 1. The number of hydrogen-bond donors (Lipinski definition) is 2. The fourth-order valence-electron chi connectivity index (χ4n) is 3.36. The van der Waals surface area contributed by atoms with Crippen molar-refractivity contribution >= 4 is 23.4 Å². The Labute approximate surface area is 164 Å². The second-order valence-corrected chi connectivity index (χ2v) is 7.15. The largest absolute Gasteiger partial charge is 0.325 e. The molecule has 146 valence electrons. The molecule has 0 saturated carbocycles. The third kappa shape index (κ3) is 5.50. The third-order valence-electron chi connectivity index (χ3n) is 4.95. The topological polar surface area (TPSA) is 78.5 Å². The molecule has 3 amide bonds. The van der Waals surface area contributed by atoms with Gasteiger partial charge in [0.15, 0.2) is 5.78 Å². The van der Waals surface area contributed by atoms with E-state index in [2.05, 4.69) is 10.6 Å². The van der Waals surface area contributed by atoms with Crippen molar-refractivity contribution in [1.29, 1.82) is 0 Å². The lowest BCUT2D eigenvalue weighted by Gasteiger charge is -2.30. The van der Waals surface area contributed by atoms with Gasteiger partial charge in [0.1, 0.15) is 0 Å². The molecule has 2 aromatic rings. The first kappa shape index (κ1) is 19.8. The minimum Gasteiger partial charge on any atom is -0.308 e. The van der Waals surface area contributed by atoms with Crippen LogP contribution in [0, 0.1) is 12.8 Å². The molecular formula is C22H25N3O3. The average Bonchev–Trinajstić information content (AvgIpc) is 2.69. The van der Waals surface area contributed by atoms with Crippen LogP contribution in [0.1, 0.15) is 28.8 Å². The Morgan fingerprint density at radius 1 is 0.964 bits per heavy atom. The highest BCUT2D eigenvalue weighted by molar-refractivity contribution is 6.01. The van der Waals surface area contributed by atoms with Crippen LogP contribution in [0.3, 0.4) is 0 Å². The summed E-state index contributed by atoms with van der Waals surface area (Å²) < 4.78 is 0. The predicted molar refractivity (Wildman–Crippen MR) is 108 cm³/mol. The summed E-state index contributed by atoms with van der Waals surface area (Å²) in [4.78, 5) is 38.6. The standard InChI is InChI=1S/C22H25N3O3/c1-16-7-9-17(10-8-16)21(27)18-11-13-25(14-12-18)15-20(26)24-22(28)23-19-5-3-2-4-6-19/h2-10,18H,11-15H2,1H3,(H2,23,24,26,28). The number of rotatable bonds is 5. The number of anilines is 1. The Kier molecular flexibility index (Phi) is 6.55. The summed E-state index contributed by atoms with van der Waals surface area (Å²) in [5.74, 6) is -0.188. The number of carbonyl (C=O) groups is 3. The number of aryl methyl sites for hydroxylation is 1. The fourth-order valence-corrected chi connectivity index (χ4v) is 3.36. The van der Waals surface area contributed by atoms with Crippen LogP contribution in [0.25, 0.3) is 0 Å². The SMILES string of the molecule is Cc1ccc(C(=O)C2CCN(CC(=O)NC(=O)Nc3ccccc3)CC2)cc1. The van der Waals surface area contributed by atoms with Gasteiger partial charge in [0.25, 0.3) is 0 Å². The number of ketones is 1. The van der Waals surface area contributed by atoms with Crippen molar-refractivity contribution in [2.24, 2.45) is 5.92 Å². The fraction of sp³-hybridized carbons (Fsp3) is 0.318. The van der Waals surface area contributed by atoms with Crippen molar-refractivity contribution in [2.75, 3.05) is 25.0 Å². The quantitative estimate of drug-likeness (QED) is 0.782. The Balaban J connectivity index is 1.42. The van der Waals surface area contributed by atoms with E-state index in [0.29, 0.717) is 18.8 Å². The van der Waals surface area contributed by atoms with Crippen LogP contribution in [0.4, 0.5) is 10.5 Å². The summed E-state index contributed by atoms with van der Waals surface area (Å²) in [6.07, 6.45) is 1.44. The molecule has 1 fully saturated rings. The van der Waals surface area contributed by atoms with Gasteiger partial charge in [0.2, 0.25) is 5.91 Å². The molecule has 28 heavy (non-hydrogen) atoms. The first-order chi connectivity index (χ1) is 13.5. The zero-order chi connectivity index (χ0) is 19.9. The minimum atomic E-state index is -0.541. The average molecular weight is 379 g/mol. The predicted octanol–water partition coefficient (Wildman–Crippen LogP) is 3.24. The number of urea groups is 1. The molecule has 6 nitrogen and oxygen atoms in total. The van der Waals surface area contributed by atoms with E-state index in [4.69, 9.17) is 0 Å². The van der Waals surface area contributed by atoms with Gasteiger partial charge in [-0.05, 0) is 45.0 Å². The molecular weight excluding hydrogens is 354 g/mol. The summed E-state index contributed by atoms with van der Waals surface area (Å²) in [5, 5.41) is 4.96. The molecule has 0 aromatic heterocycles. The number of nitrogens with zero attached hydrogens (tertiary/aromatic N) is 1. The number of carbonyl (C=O) groups excluding carboxylic acids is 3. The van der Waals surface area contributed by atoms with Crippen LogP contribution in [0.15, 0.2) is 54.6 Å². The highest BCUT2D eigenvalue weighted by Crippen LogP contribution is 2.22. The maximum absolute atomic E-state index is 12.6. The maximum atomic E-state index is 12.6. The van der Waals surface area contributed by atoms with E-state index >= 15 is 0 Å². The van der Waals surface area contributed by atoms with Gasteiger partial charge in [-0.2, -0.15) is 0 Å². The van der Waals surface area contributed by atoms with E-state index in [0.717, 1.165) is 24.0 Å². The molecule has 0 spiro atoms. The van der Waals surface area contributed by atoms with E-state index in [1.54, 1.807) is 24.3 Å². The van der Waals surface area contributed by atoms with E-state index in [1.165, 1.54) is 0 Å². The maximum Gasteiger partial charge on any atom is 0.325 e. The highest BCUT2D eigenvalue weighted by atomic mass is 16.2. The number of hydrogen-bond acceptors (Lipinski definition) is 4. The van der Waals surface area contributed by atoms with Gasteiger partial charge >= 0.3 is 6.03 Å². The molecule has 0 aliphatic carbocycles. The van der Waals surface area contributed by atoms with Crippen molar-refractivity contribution in [3.05, 3.63) is 65.7 Å². The van der Waals surface area contributed by atoms with Gasteiger partial charge in [-0.3, -0.25) is 19.8 Å². The molecule has 6 heteroatoms. The number of amides is 3. The lowest BCUT2D eigenvalue weighted by molar-refractivity contribution is -0.121. The molecule has 1 aliphatic heterocycles. The molecule has 2 N–H and O–H groups in total. The van der Waals surface area contributed by atoms with E-state index in [9.17, 15) is 14.4 Å². The van der Waals surface area contributed by atoms with Crippen LogP contribution in [0.2, 0.25) is 0 Å². The molecule has 0 unspecified atom stereocenters. The monoisotopic (exact) mass is 379 g/mol. The van der Waals surface area contributed by atoms with Gasteiger partial charge in [0.05, 0.1) is 6.54 Å². The number of para-hydroxylation sites is 1. The van der Waals surface area contributed by atoms with Crippen LogP contribution in [-0.4, -0.2) is 42.3 Å².